The number of anilines is 1. The molecule has 0 aliphatic heterocycles. The lowest BCUT2D eigenvalue weighted by Crippen LogP contribution is -2.06. The van der Waals surface area contributed by atoms with Crippen LogP contribution in [0.25, 0.3) is 0 Å². The fourth-order valence-corrected chi connectivity index (χ4v) is 1.65. The third-order valence-corrected chi connectivity index (χ3v) is 2.66. The Bertz CT molecular complexity index is 669. The third-order valence-electron chi connectivity index (χ3n) is 2.66. The van der Waals surface area contributed by atoms with E-state index in [9.17, 15) is 17.6 Å². The van der Waals surface area contributed by atoms with Crippen LogP contribution >= 0.6 is 0 Å². The van der Waals surface area contributed by atoms with Crippen LogP contribution in [0, 0.1) is 34.6 Å². The molecule has 0 heterocycles. The zero-order chi connectivity index (χ0) is 14.7. The summed E-state index contributed by atoms with van der Waals surface area (Å²) in [4.78, 5) is 0. The Labute approximate surface area is 112 Å². The summed E-state index contributed by atoms with van der Waals surface area (Å²) in [7, 11) is 0. The van der Waals surface area contributed by atoms with Gasteiger partial charge in [-0.3, -0.25) is 0 Å². The van der Waals surface area contributed by atoms with Crippen molar-refractivity contribution in [2.24, 2.45) is 0 Å². The van der Waals surface area contributed by atoms with Gasteiger partial charge in [0.2, 0.25) is 0 Å². The largest absolute Gasteiger partial charge is 0.378 e. The molecule has 0 fully saturated rings. The minimum Gasteiger partial charge on any atom is -0.378 e. The van der Waals surface area contributed by atoms with Crippen molar-refractivity contribution >= 4 is 5.69 Å². The molecule has 0 aliphatic carbocycles. The highest BCUT2D eigenvalue weighted by molar-refractivity contribution is 5.46. The molecule has 0 saturated heterocycles. The molecule has 2 aromatic rings. The maximum absolute atomic E-state index is 13.6. The molecule has 2 rings (SSSR count). The predicted octanol–water partition coefficient (Wildman–Crippen LogP) is 3.73. The van der Waals surface area contributed by atoms with E-state index in [0.717, 1.165) is 24.3 Å². The average Bonchev–Trinajstić information content (AvgIpc) is 2.39. The third kappa shape index (κ3) is 2.88. The number of hydrogen-bond acceptors (Lipinski definition) is 2. The Morgan fingerprint density at radius 3 is 2.15 bits per heavy atom. The first kappa shape index (κ1) is 13.9. The van der Waals surface area contributed by atoms with Gasteiger partial charge >= 0.3 is 0 Å². The molecule has 0 atom stereocenters. The highest BCUT2D eigenvalue weighted by atomic mass is 19.1. The summed E-state index contributed by atoms with van der Waals surface area (Å²) in [5.41, 5.74) is -0.543. The topological polar surface area (TPSA) is 35.8 Å². The Balaban J connectivity index is 2.21. The van der Waals surface area contributed by atoms with Crippen molar-refractivity contribution in [3.63, 3.8) is 0 Å². The van der Waals surface area contributed by atoms with Gasteiger partial charge in [-0.15, -0.1) is 0 Å². The molecule has 0 saturated carbocycles. The molecule has 0 unspecified atom stereocenters. The number of benzene rings is 2. The SMILES string of the molecule is N#Cc1cc(F)c(CNc2ccc(F)cc2F)c(F)c1. The van der Waals surface area contributed by atoms with Gasteiger partial charge < -0.3 is 5.32 Å². The van der Waals surface area contributed by atoms with Crippen LogP contribution in [0.5, 0.6) is 0 Å². The standard InChI is InChI=1S/C14H8F4N2/c15-9-1-2-14(13(18)5-9)20-7-10-11(16)3-8(6-19)4-12(10)17/h1-5,20H,7H2. The van der Waals surface area contributed by atoms with Crippen LogP contribution in [0.2, 0.25) is 0 Å². The van der Waals surface area contributed by atoms with Gasteiger partial charge in [0.05, 0.1) is 17.3 Å². The zero-order valence-electron chi connectivity index (χ0n) is 10.1. The predicted molar refractivity (Wildman–Crippen MR) is 64.8 cm³/mol. The van der Waals surface area contributed by atoms with Crippen LogP contribution < -0.4 is 5.32 Å². The molecule has 0 aromatic heterocycles. The van der Waals surface area contributed by atoms with Crippen molar-refractivity contribution in [2.45, 2.75) is 6.54 Å². The summed E-state index contributed by atoms with van der Waals surface area (Å²) in [6.07, 6.45) is 0. The van der Waals surface area contributed by atoms with Crippen molar-refractivity contribution in [1.82, 2.24) is 0 Å². The van der Waals surface area contributed by atoms with Crippen molar-refractivity contribution < 1.29 is 17.6 Å². The molecule has 0 bridgehead atoms. The minimum absolute atomic E-state index is 0.0745. The Morgan fingerprint density at radius 1 is 0.950 bits per heavy atom. The number of nitrogens with one attached hydrogen (secondary N) is 1. The van der Waals surface area contributed by atoms with Crippen molar-refractivity contribution in [3.05, 3.63) is 64.7 Å². The van der Waals surface area contributed by atoms with E-state index in [0.29, 0.717) is 6.07 Å². The first-order valence-corrected chi connectivity index (χ1v) is 5.58. The van der Waals surface area contributed by atoms with Gasteiger partial charge in [-0.1, -0.05) is 0 Å². The second kappa shape index (κ2) is 5.61. The zero-order valence-corrected chi connectivity index (χ0v) is 10.1. The highest BCUT2D eigenvalue weighted by Crippen LogP contribution is 2.19. The highest BCUT2D eigenvalue weighted by Gasteiger charge is 2.12. The maximum Gasteiger partial charge on any atom is 0.149 e. The van der Waals surface area contributed by atoms with Gasteiger partial charge in [0.25, 0.3) is 0 Å². The second-order valence-electron chi connectivity index (χ2n) is 4.01. The van der Waals surface area contributed by atoms with E-state index in [2.05, 4.69) is 5.32 Å². The summed E-state index contributed by atoms with van der Waals surface area (Å²) in [6.45, 7) is -0.327. The van der Waals surface area contributed by atoms with Crippen LogP contribution in [-0.2, 0) is 6.54 Å². The van der Waals surface area contributed by atoms with Crippen molar-refractivity contribution in [2.75, 3.05) is 5.32 Å². The summed E-state index contributed by atoms with van der Waals surface area (Å²) in [5.74, 6) is -3.42. The van der Waals surface area contributed by atoms with E-state index in [1.54, 1.807) is 6.07 Å². The molecule has 102 valence electrons. The molecule has 0 spiro atoms. The van der Waals surface area contributed by atoms with Gasteiger partial charge in [-0.05, 0) is 24.3 Å². The Kier molecular flexibility index (Phi) is 3.89. The molecule has 0 radical (unpaired) electrons. The second-order valence-corrected chi connectivity index (χ2v) is 4.01. The normalized spacial score (nSPS) is 10.2. The molecule has 0 amide bonds. The Hall–Kier alpha value is -2.55. The minimum atomic E-state index is -0.906. The lowest BCUT2D eigenvalue weighted by Gasteiger charge is -2.09. The molecule has 0 aliphatic rings. The summed E-state index contributed by atoms with van der Waals surface area (Å²) >= 11 is 0. The van der Waals surface area contributed by atoms with Gasteiger partial charge in [-0.2, -0.15) is 5.26 Å². The molecule has 2 nitrogen and oxygen atoms in total. The van der Waals surface area contributed by atoms with Crippen LogP contribution in [0.15, 0.2) is 30.3 Å². The fraction of sp³-hybridized carbons (Fsp3) is 0.0714. The van der Waals surface area contributed by atoms with Crippen molar-refractivity contribution in [3.8, 4) is 6.07 Å². The van der Waals surface area contributed by atoms with Gasteiger partial charge in [0, 0.05) is 18.2 Å². The van der Waals surface area contributed by atoms with E-state index in [1.165, 1.54) is 0 Å². The van der Waals surface area contributed by atoms with Gasteiger partial charge in [-0.25, -0.2) is 17.6 Å². The lowest BCUT2D eigenvalue weighted by atomic mass is 10.1. The van der Waals surface area contributed by atoms with E-state index >= 15 is 0 Å². The molecule has 20 heavy (non-hydrogen) atoms. The van der Waals surface area contributed by atoms with Gasteiger partial charge in [0.15, 0.2) is 0 Å². The van der Waals surface area contributed by atoms with Crippen LogP contribution in [0.4, 0.5) is 23.2 Å². The van der Waals surface area contributed by atoms with Crippen LogP contribution in [-0.4, -0.2) is 0 Å². The monoisotopic (exact) mass is 280 g/mol. The summed E-state index contributed by atoms with van der Waals surface area (Å²) in [5, 5.41) is 11.0. The quantitative estimate of drug-likeness (QED) is 0.870. The van der Waals surface area contributed by atoms with E-state index in [4.69, 9.17) is 5.26 Å². The van der Waals surface area contributed by atoms with Crippen LogP contribution in [0.3, 0.4) is 0 Å². The number of hydrogen-bond donors (Lipinski definition) is 1. The molecule has 1 N–H and O–H groups in total. The average molecular weight is 280 g/mol. The molecule has 6 heteroatoms. The van der Waals surface area contributed by atoms with E-state index < -0.39 is 23.3 Å². The van der Waals surface area contributed by atoms with Crippen LogP contribution in [0.1, 0.15) is 11.1 Å². The number of nitrogens with zero attached hydrogens (tertiary/aromatic N) is 1. The van der Waals surface area contributed by atoms with E-state index in [-0.39, 0.29) is 23.4 Å². The molecule has 2 aromatic carbocycles. The lowest BCUT2D eigenvalue weighted by molar-refractivity contribution is 0.557. The smallest absolute Gasteiger partial charge is 0.149 e. The Morgan fingerprint density at radius 2 is 1.60 bits per heavy atom. The van der Waals surface area contributed by atoms with Crippen molar-refractivity contribution in [1.29, 1.82) is 5.26 Å². The summed E-state index contributed by atoms with van der Waals surface area (Å²) in [6, 6.07) is 6.22. The fourth-order valence-electron chi connectivity index (χ4n) is 1.65. The maximum atomic E-state index is 13.6. The first-order valence-electron chi connectivity index (χ1n) is 5.58. The van der Waals surface area contributed by atoms with Gasteiger partial charge in [0.1, 0.15) is 23.3 Å². The summed E-state index contributed by atoms with van der Waals surface area (Å²) < 4.78 is 53.2. The number of nitriles is 1. The molecular formula is C14H8F4N2. The first-order chi connectivity index (χ1) is 9.51. The number of halogens is 4. The molecular weight excluding hydrogens is 272 g/mol. The number of rotatable bonds is 3. The van der Waals surface area contributed by atoms with E-state index in [1.807, 2.05) is 0 Å².